The fourth-order valence-electron chi connectivity index (χ4n) is 4.80. The first-order chi connectivity index (χ1) is 14.2. The number of nitrogen functional groups attached to an aromatic ring is 1. The first-order valence-corrected chi connectivity index (χ1v) is 13.7. The van der Waals surface area contributed by atoms with Gasteiger partial charge in [-0.2, -0.15) is 5.10 Å². The Morgan fingerprint density at radius 2 is 1.90 bits per heavy atom. The molecule has 1 aliphatic heterocycles. The second-order valence-electron chi connectivity index (χ2n) is 8.72. The average Bonchev–Trinajstić information content (AvgIpc) is 3.28. The van der Waals surface area contributed by atoms with E-state index in [1.54, 1.807) is 4.68 Å². The molecule has 30 heavy (non-hydrogen) atoms. The number of hydrogen-bond donors (Lipinski definition) is 2. The van der Waals surface area contributed by atoms with Crippen LogP contribution in [-0.4, -0.2) is 51.6 Å². The lowest BCUT2D eigenvalue weighted by Gasteiger charge is -2.43. The first kappa shape index (κ1) is 23.5. The molecule has 0 aromatic carbocycles. The van der Waals surface area contributed by atoms with Crippen molar-refractivity contribution in [3.8, 4) is 0 Å². The van der Waals surface area contributed by atoms with Crippen LogP contribution in [0.1, 0.15) is 54.2 Å². The van der Waals surface area contributed by atoms with Crippen molar-refractivity contribution in [2.45, 2.75) is 81.9 Å². The maximum Gasteiger partial charge on any atom is 0.200 e. The molecule has 2 aromatic rings. The highest BCUT2D eigenvalue weighted by molar-refractivity contribution is 7.99. The minimum absolute atomic E-state index is 0.0581. The molecule has 2 aromatic heterocycles. The molecule has 3 N–H and O–H groups in total. The van der Waals surface area contributed by atoms with E-state index >= 15 is 0 Å². The van der Waals surface area contributed by atoms with Crippen LogP contribution in [0.4, 0.5) is 5.82 Å². The van der Waals surface area contributed by atoms with Crippen molar-refractivity contribution in [3.05, 3.63) is 12.9 Å². The van der Waals surface area contributed by atoms with Crippen LogP contribution in [0.5, 0.6) is 0 Å². The number of rotatable bonds is 9. The Labute approximate surface area is 184 Å². The summed E-state index contributed by atoms with van der Waals surface area (Å²) in [5.41, 5.74) is 8.26. The maximum absolute atomic E-state index is 9.20. The second-order valence-corrected chi connectivity index (χ2v) is 15.2. The molecule has 1 aliphatic rings. The van der Waals surface area contributed by atoms with Crippen molar-refractivity contribution in [2.24, 2.45) is 0 Å². The molecule has 8 nitrogen and oxygen atoms in total. The fraction of sp³-hybridized carbons (Fsp3) is 0.700. The number of ether oxygens (including phenoxy) is 1. The van der Waals surface area contributed by atoms with Crippen LogP contribution in [0.15, 0.2) is 11.4 Å². The number of anilines is 1. The van der Waals surface area contributed by atoms with E-state index in [1.165, 1.54) is 18.1 Å². The van der Waals surface area contributed by atoms with Crippen LogP contribution in [0.25, 0.3) is 11.0 Å². The Balaban J connectivity index is 1.86. The van der Waals surface area contributed by atoms with E-state index in [0.717, 1.165) is 0 Å². The standard InChI is InChI=1S/C20H34N5O3SSi/c1-12(2)30(13(3)4,14(5)6)28-15-9-16(27-10-15)25-19-17(18(21)22-11-23-19)20(24-25)29-8-7-26/h10-16,26H,7-9H2,1-6H3,(H2,21,22,23)/t15?,16-/m1/s1. The summed E-state index contributed by atoms with van der Waals surface area (Å²) in [6.07, 6.45) is 1.72. The number of nitrogens with zero attached hydrogens (tertiary/aromatic N) is 4. The van der Waals surface area contributed by atoms with Gasteiger partial charge in [-0.05, 0) is 16.6 Å². The molecule has 10 heteroatoms. The zero-order chi connectivity index (χ0) is 22.1. The van der Waals surface area contributed by atoms with E-state index in [-0.39, 0.29) is 18.9 Å². The van der Waals surface area contributed by atoms with Crippen LogP contribution in [-0.2, 0) is 9.16 Å². The van der Waals surface area contributed by atoms with Crippen LogP contribution in [0.3, 0.4) is 0 Å². The summed E-state index contributed by atoms with van der Waals surface area (Å²) < 4.78 is 14.7. The second kappa shape index (κ2) is 9.52. The van der Waals surface area contributed by atoms with Crippen molar-refractivity contribution >= 4 is 36.9 Å². The number of fused-ring (bicyclic) bond motifs is 1. The number of thioether (sulfide) groups is 1. The number of aromatic nitrogens is 4. The lowest BCUT2D eigenvalue weighted by Crippen LogP contribution is -2.50. The number of aliphatic hydroxyl groups is 1. The fourth-order valence-corrected chi connectivity index (χ4v) is 11.1. The lowest BCUT2D eigenvalue weighted by molar-refractivity contribution is 0.0818. The molecule has 3 heterocycles. The molecule has 2 atom stereocenters. The van der Waals surface area contributed by atoms with E-state index in [4.69, 9.17) is 20.0 Å². The van der Waals surface area contributed by atoms with Gasteiger partial charge >= 0.3 is 0 Å². The maximum atomic E-state index is 9.20. The zero-order valence-electron chi connectivity index (χ0n) is 18.7. The van der Waals surface area contributed by atoms with E-state index in [2.05, 4.69) is 51.5 Å². The van der Waals surface area contributed by atoms with Gasteiger partial charge in [0.15, 0.2) is 11.9 Å². The summed E-state index contributed by atoms with van der Waals surface area (Å²) in [6, 6.07) is 0. The molecule has 0 bridgehead atoms. The van der Waals surface area contributed by atoms with Crippen molar-refractivity contribution in [1.29, 1.82) is 0 Å². The molecule has 1 saturated heterocycles. The molecular weight excluding hydrogens is 418 g/mol. The minimum atomic E-state index is -2.02. The van der Waals surface area contributed by atoms with Crippen LogP contribution >= 0.6 is 11.8 Å². The number of nitrogens with two attached hydrogens (primary N) is 1. The molecule has 1 radical (unpaired) electrons. The molecule has 0 amide bonds. The third kappa shape index (κ3) is 4.25. The van der Waals surface area contributed by atoms with Gasteiger partial charge in [0.1, 0.15) is 23.8 Å². The Kier molecular flexibility index (Phi) is 7.44. The Bertz CT molecular complexity index is 839. The summed E-state index contributed by atoms with van der Waals surface area (Å²) in [6.45, 7) is 15.6. The van der Waals surface area contributed by atoms with Gasteiger partial charge in [0, 0.05) is 12.2 Å². The first-order valence-electron chi connectivity index (χ1n) is 10.6. The predicted molar refractivity (Wildman–Crippen MR) is 123 cm³/mol. The largest absolute Gasteiger partial charge is 0.410 e. The van der Waals surface area contributed by atoms with Gasteiger partial charge in [-0.25, -0.2) is 14.6 Å². The molecule has 1 fully saturated rings. The topological polar surface area (TPSA) is 108 Å². The Morgan fingerprint density at radius 3 is 2.50 bits per heavy atom. The summed E-state index contributed by atoms with van der Waals surface area (Å²) in [4.78, 5) is 8.51. The van der Waals surface area contributed by atoms with Crippen LogP contribution in [0.2, 0.25) is 16.6 Å². The third-order valence-corrected chi connectivity index (χ3v) is 13.0. The number of aliphatic hydroxyl groups excluding tert-OH is 1. The van der Waals surface area contributed by atoms with Gasteiger partial charge in [0.05, 0.1) is 18.1 Å². The van der Waals surface area contributed by atoms with Gasteiger partial charge in [-0.15, -0.1) is 11.8 Å². The van der Waals surface area contributed by atoms with Crippen molar-refractivity contribution < 1.29 is 14.3 Å². The van der Waals surface area contributed by atoms with Gasteiger partial charge in [-0.3, -0.25) is 0 Å². The summed E-state index contributed by atoms with van der Waals surface area (Å²) >= 11 is 1.43. The Hall–Kier alpha value is -1.20. The smallest absolute Gasteiger partial charge is 0.200 e. The molecule has 1 unspecified atom stereocenters. The predicted octanol–water partition coefficient (Wildman–Crippen LogP) is 4.13. The molecule has 0 spiro atoms. The molecule has 0 aliphatic carbocycles. The van der Waals surface area contributed by atoms with E-state index in [0.29, 0.717) is 50.7 Å². The lowest BCUT2D eigenvalue weighted by atomic mass is 10.3. The normalized spacial score (nSPS) is 20.3. The third-order valence-electron chi connectivity index (χ3n) is 5.97. The Morgan fingerprint density at radius 1 is 1.23 bits per heavy atom. The van der Waals surface area contributed by atoms with Crippen LogP contribution < -0.4 is 5.73 Å². The molecule has 167 valence electrons. The average molecular weight is 453 g/mol. The quantitative estimate of drug-likeness (QED) is 0.432. The zero-order valence-corrected chi connectivity index (χ0v) is 20.5. The highest BCUT2D eigenvalue weighted by atomic mass is 32.2. The van der Waals surface area contributed by atoms with Crippen molar-refractivity contribution in [2.75, 3.05) is 18.1 Å². The highest BCUT2D eigenvalue weighted by Crippen LogP contribution is 2.45. The van der Waals surface area contributed by atoms with E-state index < -0.39 is 8.32 Å². The van der Waals surface area contributed by atoms with E-state index in [1.807, 2.05) is 6.61 Å². The van der Waals surface area contributed by atoms with Crippen molar-refractivity contribution in [1.82, 2.24) is 19.7 Å². The molecule has 0 saturated carbocycles. The minimum Gasteiger partial charge on any atom is -0.410 e. The van der Waals surface area contributed by atoms with Crippen molar-refractivity contribution in [3.63, 3.8) is 0 Å². The van der Waals surface area contributed by atoms with Crippen LogP contribution in [0, 0.1) is 6.61 Å². The van der Waals surface area contributed by atoms with E-state index in [9.17, 15) is 5.11 Å². The van der Waals surface area contributed by atoms with Gasteiger partial charge in [-0.1, -0.05) is 41.5 Å². The summed E-state index contributed by atoms with van der Waals surface area (Å²) in [5.74, 6) is 0.905. The summed E-state index contributed by atoms with van der Waals surface area (Å²) in [5, 5.41) is 15.3. The number of hydrogen-bond acceptors (Lipinski definition) is 8. The molecular formula is C20H34N5O3SSi. The van der Waals surface area contributed by atoms with Gasteiger partial charge in [0.25, 0.3) is 0 Å². The molecule has 3 rings (SSSR count). The monoisotopic (exact) mass is 452 g/mol. The van der Waals surface area contributed by atoms with Gasteiger partial charge in [0.2, 0.25) is 8.32 Å². The summed E-state index contributed by atoms with van der Waals surface area (Å²) in [7, 11) is -2.02. The van der Waals surface area contributed by atoms with Gasteiger partial charge < -0.3 is 20.0 Å². The highest BCUT2D eigenvalue weighted by Gasteiger charge is 2.48. The SMILES string of the molecule is CC(C)[Si](OC1[CH]O[C@@H](n2nc(SCCO)c3c(N)ncnc32)C1)(C(C)C)C(C)C.